The third kappa shape index (κ3) is 3.95. The number of aromatic nitrogens is 3. The number of carboxylic acid groups (broad SMARTS) is 1. The van der Waals surface area contributed by atoms with E-state index in [1.54, 1.807) is 18.1 Å². The lowest BCUT2D eigenvalue weighted by molar-refractivity contribution is -0.147. The van der Waals surface area contributed by atoms with Crippen LogP contribution in [0.15, 0.2) is 11.5 Å². The van der Waals surface area contributed by atoms with Gasteiger partial charge in [0.05, 0.1) is 5.75 Å². The molecule has 0 aliphatic carbocycles. The molecule has 1 aromatic heterocycles. The number of hydrogen-bond donors (Lipinski definition) is 2. The van der Waals surface area contributed by atoms with Crippen molar-refractivity contribution in [3.8, 4) is 0 Å². The van der Waals surface area contributed by atoms with Gasteiger partial charge in [-0.2, -0.15) is 11.8 Å². The zero-order valence-electron chi connectivity index (χ0n) is 12.6. The van der Waals surface area contributed by atoms with Crippen LogP contribution in [0.3, 0.4) is 0 Å². The van der Waals surface area contributed by atoms with Gasteiger partial charge < -0.3 is 15.0 Å². The van der Waals surface area contributed by atoms with Crippen LogP contribution in [0.5, 0.6) is 0 Å². The number of carbonyl (C=O) groups is 2. The Labute approximate surface area is 137 Å². The van der Waals surface area contributed by atoms with Crippen LogP contribution >= 0.6 is 23.5 Å². The molecule has 1 aliphatic heterocycles. The average Bonchev–Trinajstić information content (AvgIpc) is 2.94. The first-order chi connectivity index (χ1) is 10.4. The molecule has 0 aromatic carbocycles. The van der Waals surface area contributed by atoms with Crippen molar-refractivity contribution in [1.82, 2.24) is 20.1 Å². The molecule has 0 unspecified atom stereocenters. The number of amides is 1. The molecule has 2 N–H and O–H groups in total. The fourth-order valence-electron chi connectivity index (χ4n) is 2.23. The minimum absolute atomic E-state index is 0.133. The average molecular weight is 344 g/mol. The molecule has 0 atom stereocenters. The second kappa shape index (κ2) is 7.36. The van der Waals surface area contributed by atoms with Crippen LogP contribution in [0.25, 0.3) is 0 Å². The summed E-state index contributed by atoms with van der Waals surface area (Å²) in [6.07, 6.45) is 2.55. The summed E-state index contributed by atoms with van der Waals surface area (Å²) in [6.45, 7) is 4.01. The van der Waals surface area contributed by atoms with Gasteiger partial charge in [-0.3, -0.25) is 4.79 Å². The first-order valence-electron chi connectivity index (χ1n) is 7.09. The maximum atomic E-state index is 12.1. The first-order valence-corrected chi connectivity index (χ1v) is 9.23. The van der Waals surface area contributed by atoms with E-state index in [4.69, 9.17) is 0 Å². The van der Waals surface area contributed by atoms with Crippen LogP contribution in [0.1, 0.15) is 32.7 Å². The van der Waals surface area contributed by atoms with Crippen molar-refractivity contribution in [2.75, 3.05) is 17.3 Å². The van der Waals surface area contributed by atoms with Crippen molar-refractivity contribution in [1.29, 1.82) is 0 Å². The summed E-state index contributed by atoms with van der Waals surface area (Å²) in [5.74, 6) is 0.408. The van der Waals surface area contributed by atoms with Crippen molar-refractivity contribution in [2.24, 2.45) is 0 Å². The van der Waals surface area contributed by atoms with Crippen molar-refractivity contribution < 1.29 is 14.7 Å². The number of carbonyl (C=O) groups excluding carboxylic acids is 1. The largest absolute Gasteiger partial charge is 0.480 e. The van der Waals surface area contributed by atoms with Gasteiger partial charge in [-0.25, -0.2) is 4.79 Å². The van der Waals surface area contributed by atoms with Gasteiger partial charge in [0.25, 0.3) is 0 Å². The van der Waals surface area contributed by atoms with Crippen molar-refractivity contribution >= 4 is 35.4 Å². The van der Waals surface area contributed by atoms with E-state index in [1.807, 2.05) is 18.4 Å². The van der Waals surface area contributed by atoms with Crippen LogP contribution in [0.4, 0.5) is 0 Å². The van der Waals surface area contributed by atoms with Gasteiger partial charge in [0, 0.05) is 6.04 Å². The third-order valence-electron chi connectivity index (χ3n) is 3.56. The van der Waals surface area contributed by atoms with E-state index in [0.29, 0.717) is 18.0 Å². The summed E-state index contributed by atoms with van der Waals surface area (Å²) in [6, 6.07) is 0.210. The SMILES string of the molecule is CC(C)n1cnnc1SCC(=O)NC1(C(=O)O)CCSCC1. The Morgan fingerprint density at radius 1 is 1.50 bits per heavy atom. The first kappa shape index (κ1) is 17.1. The molecule has 0 spiro atoms. The monoisotopic (exact) mass is 344 g/mol. The second-order valence-corrected chi connectivity index (χ2v) is 7.62. The van der Waals surface area contributed by atoms with Crippen LogP contribution < -0.4 is 5.32 Å². The fraction of sp³-hybridized carbons (Fsp3) is 0.692. The highest BCUT2D eigenvalue weighted by atomic mass is 32.2. The maximum absolute atomic E-state index is 12.1. The Kier molecular flexibility index (Phi) is 5.74. The van der Waals surface area contributed by atoms with E-state index in [1.165, 1.54) is 11.8 Å². The minimum atomic E-state index is -1.12. The molecule has 1 saturated heterocycles. The van der Waals surface area contributed by atoms with E-state index in [-0.39, 0.29) is 17.7 Å². The predicted molar refractivity (Wildman–Crippen MR) is 86.2 cm³/mol. The van der Waals surface area contributed by atoms with Crippen molar-refractivity contribution in [3.63, 3.8) is 0 Å². The molecule has 9 heteroatoms. The molecule has 0 radical (unpaired) electrons. The van der Waals surface area contributed by atoms with Crippen molar-refractivity contribution in [3.05, 3.63) is 6.33 Å². The van der Waals surface area contributed by atoms with Crippen LogP contribution in [0, 0.1) is 0 Å². The highest BCUT2D eigenvalue weighted by Gasteiger charge is 2.41. The summed E-state index contributed by atoms with van der Waals surface area (Å²) < 4.78 is 1.88. The van der Waals surface area contributed by atoms with Gasteiger partial charge in [-0.1, -0.05) is 11.8 Å². The van der Waals surface area contributed by atoms with Crippen molar-refractivity contribution in [2.45, 2.75) is 43.4 Å². The zero-order chi connectivity index (χ0) is 16.2. The summed E-state index contributed by atoms with van der Waals surface area (Å²) in [4.78, 5) is 23.7. The molecule has 1 aliphatic rings. The van der Waals surface area contributed by atoms with Crippen LogP contribution in [-0.2, 0) is 9.59 Å². The summed E-state index contributed by atoms with van der Waals surface area (Å²) in [7, 11) is 0. The van der Waals surface area contributed by atoms with Gasteiger partial charge in [0.15, 0.2) is 5.16 Å². The van der Waals surface area contributed by atoms with E-state index in [2.05, 4.69) is 15.5 Å². The summed E-state index contributed by atoms with van der Waals surface area (Å²) in [5, 5.41) is 20.7. The molecule has 22 heavy (non-hydrogen) atoms. The van der Waals surface area contributed by atoms with Gasteiger partial charge in [0.2, 0.25) is 5.91 Å². The number of aliphatic carboxylic acids is 1. The standard InChI is InChI=1S/C13H20N4O3S2/c1-9(2)17-8-14-16-12(17)22-7-10(18)15-13(11(19)20)3-5-21-6-4-13/h8-9H,3-7H2,1-2H3,(H,15,18)(H,19,20). The lowest BCUT2D eigenvalue weighted by Gasteiger charge is -2.33. The summed E-state index contributed by atoms with van der Waals surface area (Å²) >= 11 is 2.99. The smallest absolute Gasteiger partial charge is 0.329 e. The number of rotatable bonds is 6. The lowest BCUT2D eigenvalue weighted by Crippen LogP contribution is -2.57. The number of nitrogens with one attached hydrogen (secondary N) is 1. The zero-order valence-corrected chi connectivity index (χ0v) is 14.2. The highest BCUT2D eigenvalue weighted by Crippen LogP contribution is 2.28. The quantitative estimate of drug-likeness (QED) is 0.753. The Hall–Kier alpha value is -1.22. The molecule has 7 nitrogen and oxygen atoms in total. The van der Waals surface area contributed by atoms with Crippen LogP contribution in [-0.4, -0.2) is 54.5 Å². The third-order valence-corrected chi connectivity index (χ3v) is 5.51. The Morgan fingerprint density at radius 2 is 2.18 bits per heavy atom. The molecule has 0 saturated carbocycles. The van der Waals surface area contributed by atoms with E-state index in [9.17, 15) is 14.7 Å². The maximum Gasteiger partial charge on any atom is 0.329 e. The van der Waals surface area contributed by atoms with E-state index >= 15 is 0 Å². The normalized spacial score (nSPS) is 17.4. The van der Waals surface area contributed by atoms with Crippen LogP contribution in [0.2, 0.25) is 0 Å². The summed E-state index contributed by atoms with van der Waals surface area (Å²) in [5.41, 5.74) is -1.12. The Morgan fingerprint density at radius 3 is 2.77 bits per heavy atom. The minimum Gasteiger partial charge on any atom is -0.480 e. The Bertz CT molecular complexity index is 541. The van der Waals surface area contributed by atoms with Gasteiger partial charge >= 0.3 is 5.97 Å². The topological polar surface area (TPSA) is 97.1 Å². The molecule has 122 valence electrons. The molecule has 2 heterocycles. The molecular weight excluding hydrogens is 324 g/mol. The van der Waals surface area contributed by atoms with E-state index in [0.717, 1.165) is 11.5 Å². The van der Waals surface area contributed by atoms with Gasteiger partial charge in [0.1, 0.15) is 11.9 Å². The van der Waals surface area contributed by atoms with Gasteiger partial charge in [-0.15, -0.1) is 10.2 Å². The predicted octanol–water partition coefficient (Wildman–Crippen LogP) is 1.42. The fourth-order valence-corrected chi connectivity index (χ4v) is 4.27. The second-order valence-electron chi connectivity index (χ2n) is 5.45. The Balaban J connectivity index is 1.94. The van der Waals surface area contributed by atoms with Gasteiger partial charge in [-0.05, 0) is 38.2 Å². The molecule has 2 rings (SSSR count). The number of hydrogen-bond acceptors (Lipinski definition) is 6. The lowest BCUT2D eigenvalue weighted by atomic mass is 9.92. The highest BCUT2D eigenvalue weighted by molar-refractivity contribution is 7.99. The molecular formula is C13H20N4O3S2. The van der Waals surface area contributed by atoms with E-state index < -0.39 is 11.5 Å². The molecule has 0 bridgehead atoms. The molecule has 1 amide bonds. The number of nitrogens with zero attached hydrogens (tertiary/aromatic N) is 3. The number of thioether (sulfide) groups is 2. The molecule has 1 fully saturated rings. The number of carboxylic acids is 1. The molecule has 1 aromatic rings.